The fraction of sp³-hybridized carbons (Fsp3) is 0.679. The lowest BCUT2D eigenvalue weighted by atomic mass is 10.4. The Hall–Kier alpha value is -2.37. The third-order valence-corrected chi connectivity index (χ3v) is 2.69. The van der Waals surface area contributed by atoms with Crippen LogP contribution in [0.25, 0.3) is 11.2 Å². The van der Waals surface area contributed by atoms with Gasteiger partial charge in [0.05, 0.1) is 19.4 Å². The highest BCUT2D eigenvalue weighted by Gasteiger charge is 2.02. The molecule has 0 unspecified atom stereocenters. The van der Waals surface area contributed by atoms with Crippen molar-refractivity contribution in [2.24, 2.45) is 14.1 Å². The lowest BCUT2D eigenvalue weighted by molar-refractivity contribution is -0.674. The van der Waals surface area contributed by atoms with Crippen molar-refractivity contribution in [3.8, 4) is 0 Å². The normalized spacial score (nSPS) is 5.65. The Balaban J connectivity index is -0.0000000138. The van der Waals surface area contributed by atoms with E-state index in [1.54, 1.807) is 12.5 Å². The molecular weight excluding hydrogens is 420 g/mol. The second kappa shape index (κ2) is 44.3. The van der Waals surface area contributed by atoms with E-state index in [9.17, 15) is 0 Å². The molecule has 0 atom stereocenters. The molecule has 0 N–H and O–H groups in total. The predicted octanol–water partition coefficient (Wildman–Crippen LogP) is 10.4. The number of hydrogen-bond donors (Lipinski definition) is 0. The molecule has 218 valence electrons. The lowest BCUT2D eigenvalue weighted by Gasteiger charge is -1.92. The summed E-state index contributed by atoms with van der Waals surface area (Å²) in [5.74, 6) is 0.959. The maximum Gasteiger partial charge on any atom is 0.285 e. The zero-order chi connectivity index (χ0) is 13.8. The zero-order valence-electron chi connectivity index (χ0n) is 11.6. The molecule has 0 radical (unpaired) electrons. The van der Waals surface area contributed by atoms with Gasteiger partial charge in [0, 0.05) is 12.6 Å². The van der Waals surface area contributed by atoms with Crippen molar-refractivity contribution in [1.82, 2.24) is 24.5 Å². The Morgan fingerprint density at radius 3 is 1.44 bits per heavy atom. The first kappa shape index (κ1) is 95.5. The van der Waals surface area contributed by atoms with Crippen LogP contribution >= 0.6 is 0 Å². The Bertz CT molecular complexity index is 677. The summed E-state index contributed by atoms with van der Waals surface area (Å²) in [5, 5.41) is 0. The molecule has 0 aliphatic carbocycles. The molecule has 3 aromatic heterocycles. The number of nitrogens with zero attached hydrogens (tertiary/aromatic N) is 6. The van der Waals surface area contributed by atoms with Gasteiger partial charge in [-0.1, -0.05) is 116 Å². The van der Waals surface area contributed by atoms with Crippen molar-refractivity contribution >= 4 is 11.2 Å². The van der Waals surface area contributed by atoms with E-state index in [2.05, 4.69) is 19.9 Å². The minimum absolute atomic E-state index is 0. The van der Waals surface area contributed by atoms with Gasteiger partial charge in [0.2, 0.25) is 0 Å². The smallest absolute Gasteiger partial charge is 0.285 e. The first-order valence-electron chi connectivity index (χ1n) is 5.94. The second-order valence-corrected chi connectivity index (χ2v) is 4.38. The Labute approximate surface area is 222 Å². The molecular formula is C28H77N6+. The van der Waals surface area contributed by atoms with Gasteiger partial charge in [0.15, 0.2) is 5.65 Å². The van der Waals surface area contributed by atoms with Crippen LogP contribution in [-0.2, 0) is 14.1 Å². The van der Waals surface area contributed by atoms with Gasteiger partial charge in [-0.25, -0.2) is 19.5 Å². The van der Waals surface area contributed by atoms with E-state index in [1.165, 1.54) is 11.9 Å². The average molecular weight is 498 g/mol. The minimum atomic E-state index is 0. The first-order chi connectivity index (χ1) is 9.08. The number of imidazole rings is 1. The van der Waals surface area contributed by atoms with Gasteiger partial charge < -0.3 is 4.57 Å². The number of aryl methyl sites for hydroxylation is 4. The van der Waals surface area contributed by atoms with Crippen LogP contribution in [0.4, 0.5) is 0 Å². The molecule has 0 amide bonds. The van der Waals surface area contributed by atoms with Gasteiger partial charge in [-0.3, -0.25) is 0 Å². The minimum Gasteiger partial charge on any atom is -0.316 e. The summed E-state index contributed by atoms with van der Waals surface area (Å²) in [6, 6.07) is 0. The van der Waals surface area contributed by atoms with E-state index in [4.69, 9.17) is 0 Å². The van der Waals surface area contributed by atoms with Crippen molar-refractivity contribution < 1.29 is 4.57 Å². The Kier molecular flexibility index (Phi) is 124. The monoisotopic (exact) mass is 498 g/mol. The van der Waals surface area contributed by atoms with Crippen LogP contribution in [0.15, 0.2) is 31.2 Å². The molecule has 3 heterocycles. The SMILES string of the molecule is C.C.C.C.C.C.C.C.C.C.C.C.C.C.C.Cc1cnc[n+](C)c1.Cc1nc2cncnc2n1C. The molecule has 0 aliphatic heterocycles. The van der Waals surface area contributed by atoms with Gasteiger partial charge in [-0.15, -0.1) is 0 Å². The molecule has 0 spiro atoms. The van der Waals surface area contributed by atoms with Crippen LogP contribution in [0, 0.1) is 13.8 Å². The van der Waals surface area contributed by atoms with Crippen LogP contribution in [0.2, 0.25) is 0 Å². The molecule has 0 bridgehead atoms. The summed E-state index contributed by atoms with van der Waals surface area (Å²) in [7, 11) is 3.90. The largest absolute Gasteiger partial charge is 0.316 e. The van der Waals surface area contributed by atoms with Crippen molar-refractivity contribution in [3.63, 3.8) is 0 Å². The number of hydrogen-bond acceptors (Lipinski definition) is 4. The fourth-order valence-electron chi connectivity index (χ4n) is 1.70. The third kappa shape index (κ3) is 25.9. The predicted molar refractivity (Wildman–Crippen MR) is 172 cm³/mol. The quantitative estimate of drug-likeness (QED) is 0.290. The number of fused-ring (bicyclic) bond motifs is 1. The first-order valence-corrected chi connectivity index (χ1v) is 5.94. The molecule has 6 heteroatoms. The summed E-state index contributed by atoms with van der Waals surface area (Å²) < 4.78 is 3.87. The molecule has 34 heavy (non-hydrogen) atoms. The maximum atomic E-state index is 4.25. The van der Waals surface area contributed by atoms with Crippen LogP contribution in [-0.4, -0.2) is 24.5 Å². The zero-order valence-corrected chi connectivity index (χ0v) is 11.6. The molecule has 3 rings (SSSR count). The molecule has 0 aliphatic rings. The van der Waals surface area contributed by atoms with Crippen LogP contribution in [0.1, 0.15) is 123 Å². The Morgan fingerprint density at radius 2 is 1.12 bits per heavy atom. The van der Waals surface area contributed by atoms with E-state index < -0.39 is 0 Å². The second-order valence-electron chi connectivity index (χ2n) is 4.38. The molecule has 3 aromatic rings. The summed E-state index contributed by atoms with van der Waals surface area (Å²) in [6.07, 6.45) is 8.87. The summed E-state index contributed by atoms with van der Waals surface area (Å²) in [6.45, 7) is 3.97. The highest BCUT2D eigenvalue weighted by atomic mass is 15.1. The van der Waals surface area contributed by atoms with E-state index in [-0.39, 0.29) is 111 Å². The summed E-state index contributed by atoms with van der Waals surface area (Å²) in [4.78, 5) is 16.2. The number of aromatic nitrogens is 6. The van der Waals surface area contributed by atoms with Crippen molar-refractivity contribution in [3.05, 3.63) is 42.6 Å². The summed E-state index contributed by atoms with van der Waals surface area (Å²) in [5.41, 5.74) is 2.93. The third-order valence-electron chi connectivity index (χ3n) is 2.69. The average Bonchev–Trinajstić information content (AvgIpc) is 2.66. The van der Waals surface area contributed by atoms with Crippen LogP contribution in [0.5, 0.6) is 0 Å². The van der Waals surface area contributed by atoms with Crippen LogP contribution in [0.3, 0.4) is 0 Å². The van der Waals surface area contributed by atoms with Gasteiger partial charge in [-0.2, -0.15) is 0 Å². The molecule has 0 aromatic carbocycles. The van der Waals surface area contributed by atoms with E-state index >= 15 is 0 Å². The Morgan fingerprint density at radius 1 is 0.676 bits per heavy atom. The fourth-order valence-corrected chi connectivity index (χ4v) is 1.70. The molecule has 6 nitrogen and oxygen atoms in total. The summed E-state index contributed by atoms with van der Waals surface area (Å²) >= 11 is 0. The highest BCUT2D eigenvalue weighted by molar-refractivity contribution is 5.69. The molecule has 0 saturated carbocycles. The van der Waals surface area contributed by atoms with Crippen molar-refractivity contribution in [2.45, 2.75) is 125 Å². The van der Waals surface area contributed by atoms with E-state index in [0.717, 1.165) is 17.0 Å². The topological polar surface area (TPSA) is 60.4 Å². The van der Waals surface area contributed by atoms with Crippen LogP contribution < -0.4 is 4.57 Å². The molecule has 0 saturated heterocycles. The maximum absolute atomic E-state index is 4.25. The lowest BCUT2D eigenvalue weighted by Crippen LogP contribution is -2.27. The van der Waals surface area contributed by atoms with Crippen molar-refractivity contribution in [1.29, 1.82) is 0 Å². The van der Waals surface area contributed by atoms with Gasteiger partial charge in [-0.05, 0) is 13.8 Å². The van der Waals surface area contributed by atoms with Gasteiger partial charge in [0.1, 0.15) is 23.9 Å². The molecule has 0 fully saturated rings. The number of rotatable bonds is 0. The highest BCUT2D eigenvalue weighted by Crippen LogP contribution is 2.08. The van der Waals surface area contributed by atoms with Gasteiger partial charge in [0.25, 0.3) is 6.33 Å². The van der Waals surface area contributed by atoms with E-state index in [1.807, 2.05) is 49.5 Å². The van der Waals surface area contributed by atoms with Crippen molar-refractivity contribution in [2.75, 3.05) is 0 Å². The van der Waals surface area contributed by atoms with Gasteiger partial charge >= 0.3 is 0 Å². The standard InChI is InChI=1S/C7H8N4.C6H9N2.15CH4/c1-5-10-6-3-8-4-9-7(6)11(5)2;1-6-3-7-5-8(2)4-6;;;;;;;;;;;;;;;/h3-4H,1-2H3;3-5H,1-2H3;15*1H4/q;+1;;;;;;;;;;;;;;;. The van der Waals surface area contributed by atoms with E-state index in [0.29, 0.717) is 0 Å².